The topological polar surface area (TPSA) is 139 Å². The van der Waals surface area contributed by atoms with Gasteiger partial charge in [-0.1, -0.05) is 26.0 Å². The van der Waals surface area contributed by atoms with Gasteiger partial charge in [-0.05, 0) is 105 Å². The van der Waals surface area contributed by atoms with E-state index in [1.165, 1.54) is 19.3 Å². The molecule has 4 aliphatic carbocycles. The van der Waals surface area contributed by atoms with E-state index in [4.69, 9.17) is 14.2 Å². The largest absolute Gasteiger partial charge is 0.497 e. The highest BCUT2D eigenvalue weighted by Gasteiger charge is 2.53. The predicted molar refractivity (Wildman–Crippen MR) is 184 cm³/mol. The van der Waals surface area contributed by atoms with Gasteiger partial charge >= 0.3 is 0 Å². The number of morpholine rings is 1. The molecule has 0 spiro atoms. The fourth-order valence-corrected chi connectivity index (χ4v) is 9.46. The lowest BCUT2D eigenvalue weighted by Crippen LogP contribution is -2.59. The fraction of sp³-hybridized carbons (Fsp3) is 0.737. The minimum absolute atomic E-state index is 0.0191. The molecule has 11 nitrogen and oxygen atoms in total. The molecule has 270 valence electrons. The van der Waals surface area contributed by atoms with Crippen LogP contribution in [-0.4, -0.2) is 98.7 Å². The standard InChI is InChI=1S/C38H56N4O7/c1-24(2)13-30(34(44)37(3)23-49-37)40-35(45)31(17-25-5-7-29(47-4)8-6-25)41-36(46)32(39-33(43)22-42-9-11-48-12-10-42)21-38-18-26-14-27(19-38)16-28(15-26)20-38/h5-8,24,26-28,30-32H,9-23H2,1-4H3,(H,39,43)(H,40,45)(H,41,46)/t26?,27?,28?,30-,31-,32-,37+,38?/m0/s1. The van der Waals surface area contributed by atoms with Crippen LogP contribution in [0.1, 0.15) is 77.7 Å². The van der Waals surface area contributed by atoms with Gasteiger partial charge in [-0.3, -0.25) is 24.1 Å². The Morgan fingerprint density at radius 3 is 2.00 bits per heavy atom. The second-order valence-corrected chi connectivity index (χ2v) is 16.3. The van der Waals surface area contributed by atoms with Crippen molar-refractivity contribution in [3.8, 4) is 5.75 Å². The lowest BCUT2D eigenvalue weighted by molar-refractivity contribution is -0.136. The number of benzene rings is 1. The number of hydrogen-bond acceptors (Lipinski definition) is 8. The minimum Gasteiger partial charge on any atom is -0.497 e. The van der Waals surface area contributed by atoms with Crippen molar-refractivity contribution in [3.05, 3.63) is 29.8 Å². The monoisotopic (exact) mass is 680 g/mol. The van der Waals surface area contributed by atoms with Gasteiger partial charge in [0, 0.05) is 19.5 Å². The van der Waals surface area contributed by atoms with Crippen molar-refractivity contribution in [2.24, 2.45) is 29.1 Å². The van der Waals surface area contributed by atoms with E-state index in [0.29, 0.717) is 69.3 Å². The number of ether oxygens (including phenoxy) is 3. The first-order valence-electron chi connectivity index (χ1n) is 18.4. The lowest BCUT2D eigenvalue weighted by Gasteiger charge is -2.57. The van der Waals surface area contributed by atoms with Crippen molar-refractivity contribution in [2.75, 3.05) is 46.6 Å². The quantitative estimate of drug-likeness (QED) is 0.227. The highest BCUT2D eigenvalue weighted by atomic mass is 16.6. The highest BCUT2D eigenvalue weighted by molar-refractivity contribution is 5.98. The summed E-state index contributed by atoms with van der Waals surface area (Å²) >= 11 is 0. The van der Waals surface area contributed by atoms with E-state index >= 15 is 0 Å². The molecule has 4 bridgehead atoms. The fourth-order valence-electron chi connectivity index (χ4n) is 9.46. The zero-order chi connectivity index (χ0) is 34.8. The van der Waals surface area contributed by atoms with Crippen LogP contribution in [0.25, 0.3) is 0 Å². The number of carbonyl (C=O) groups excluding carboxylic acids is 4. The molecule has 0 unspecified atom stereocenters. The van der Waals surface area contributed by atoms with Gasteiger partial charge in [-0.15, -0.1) is 0 Å². The van der Waals surface area contributed by atoms with Crippen molar-refractivity contribution in [1.82, 2.24) is 20.9 Å². The first kappa shape index (κ1) is 35.8. The first-order valence-corrected chi connectivity index (χ1v) is 18.4. The van der Waals surface area contributed by atoms with Crippen LogP contribution in [0.3, 0.4) is 0 Å². The van der Waals surface area contributed by atoms with Gasteiger partial charge in [-0.25, -0.2) is 0 Å². The number of nitrogens with one attached hydrogen (secondary N) is 3. The molecule has 4 saturated carbocycles. The zero-order valence-corrected chi connectivity index (χ0v) is 29.8. The summed E-state index contributed by atoms with van der Waals surface area (Å²) in [7, 11) is 1.60. The van der Waals surface area contributed by atoms with Crippen LogP contribution in [0.2, 0.25) is 0 Å². The Hall–Kier alpha value is -3.02. The summed E-state index contributed by atoms with van der Waals surface area (Å²) in [6.45, 7) is 8.80. The van der Waals surface area contributed by atoms with Gasteiger partial charge < -0.3 is 30.2 Å². The predicted octanol–water partition coefficient (Wildman–Crippen LogP) is 3.03. The van der Waals surface area contributed by atoms with Crippen LogP contribution >= 0.6 is 0 Å². The van der Waals surface area contributed by atoms with E-state index in [-0.39, 0.29) is 41.9 Å². The van der Waals surface area contributed by atoms with Crippen molar-refractivity contribution >= 4 is 23.5 Å². The third-order valence-corrected chi connectivity index (χ3v) is 11.6. The molecule has 4 atom stereocenters. The molecule has 0 radical (unpaired) electrons. The Kier molecular flexibility index (Phi) is 11.0. The minimum atomic E-state index is -0.966. The number of amides is 3. The van der Waals surface area contributed by atoms with Gasteiger partial charge in [0.2, 0.25) is 17.7 Å². The second kappa shape index (κ2) is 15.1. The summed E-state index contributed by atoms with van der Waals surface area (Å²) in [6, 6.07) is 4.91. The molecule has 49 heavy (non-hydrogen) atoms. The number of carbonyl (C=O) groups is 4. The molecular weight excluding hydrogens is 624 g/mol. The van der Waals surface area contributed by atoms with Crippen LogP contribution < -0.4 is 20.7 Å². The third-order valence-electron chi connectivity index (χ3n) is 11.6. The SMILES string of the molecule is COc1ccc(C[C@H](NC(=O)[C@H](CC23CC4CC(CC(C4)C2)C3)NC(=O)CN2CCOCC2)C(=O)N[C@@H](CC(C)C)C(=O)[C@@]2(C)CO2)cc1. The molecule has 3 N–H and O–H groups in total. The van der Waals surface area contributed by atoms with Crippen molar-refractivity contribution in [1.29, 1.82) is 0 Å². The molecule has 1 aromatic carbocycles. The van der Waals surface area contributed by atoms with Crippen LogP contribution in [0.4, 0.5) is 0 Å². The van der Waals surface area contributed by atoms with Crippen molar-refractivity contribution < 1.29 is 33.4 Å². The summed E-state index contributed by atoms with van der Waals surface area (Å²) in [4.78, 5) is 57.5. The normalized spacial score (nSPS) is 30.7. The Morgan fingerprint density at radius 1 is 0.878 bits per heavy atom. The Labute approximate surface area is 290 Å². The summed E-state index contributed by atoms with van der Waals surface area (Å²) in [5.41, 5.74) is -0.0417. The van der Waals surface area contributed by atoms with Gasteiger partial charge in [0.05, 0.1) is 39.5 Å². The Morgan fingerprint density at radius 2 is 1.45 bits per heavy atom. The molecule has 7 rings (SSSR count). The number of methoxy groups -OCH3 is 1. The molecule has 3 amide bonds. The van der Waals surface area contributed by atoms with Crippen LogP contribution in [0.5, 0.6) is 5.75 Å². The summed E-state index contributed by atoms with van der Waals surface area (Å²) in [5, 5.41) is 9.18. The molecule has 2 aliphatic heterocycles. The maximum Gasteiger partial charge on any atom is 0.243 e. The third kappa shape index (κ3) is 9.02. The van der Waals surface area contributed by atoms with Crippen LogP contribution in [-0.2, 0) is 35.1 Å². The van der Waals surface area contributed by atoms with Crippen LogP contribution in [0, 0.1) is 29.1 Å². The number of hydrogen-bond donors (Lipinski definition) is 3. The summed E-state index contributed by atoms with van der Waals surface area (Å²) in [6.07, 6.45) is 8.37. The van der Waals surface area contributed by atoms with E-state index in [1.807, 2.05) is 38.1 Å². The lowest BCUT2D eigenvalue weighted by atomic mass is 9.48. The zero-order valence-electron chi connectivity index (χ0n) is 29.8. The van der Waals surface area contributed by atoms with E-state index in [1.54, 1.807) is 14.0 Å². The number of rotatable bonds is 16. The Balaban J connectivity index is 1.22. The number of ketones is 1. The molecule has 6 aliphatic rings. The van der Waals surface area contributed by atoms with Gasteiger partial charge in [0.15, 0.2) is 5.78 Å². The number of nitrogens with zero attached hydrogens (tertiary/aromatic N) is 1. The molecule has 2 heterocycles. The van der Waals surface area contributed by atoms with Gasteiger partial charge in [-0.2, -0.15) is 0 Å². The maximum atomic E-state index is 14.4. The smallest absolute Gasteiger partial charge is 0.243 e. The second-order valence-electron chi connectivity index (χ2n) is 16.3. The average molecular weight is 681 g/mol. The summed E-state index contributed by atoms with van der Waals surface area (Å²) in [5.74, 6) is 1.79. The van der Waals surface area contributed by atoms with E-state index in [2.05, 4.69) is 20.9 Å². The molecule has 6 fully saturated rings. The molecule has 1 aromatic rings. The Bertz CT molecular complexity index is 1320. The molecule has 0 aromatic heterocycles. The van der Waals surface area contributed by atoms with E-state index < -0.39 is 29.6 Å². The highest BCUT2D eigenvalue weighted by Crippen LogP contribution is 2.61. The van der Waals surface area contributed by atoms with Gasteiger partial charge in [0.1, 0.15) is 23.4 Å². The molecule has 2 saturated heterocycles. The van der Waals surface area contributed by atoms with Crippen molar-refractivity contribution in [3.63, 3.8) is 0 Å². The van der Waals surface area contributed by atoms with Crippen molar-refractivity contribution in [2.45, 2.75) is 102 Å². The van der Waals surface area contributed by atoms with E-state index in [0.717, 1.165) is 24.8 Å². The molecule has 11 heteroatoms. The summed E-state index contributed by atoms with van der Waals surface area (Å²) < 4.78 is 16.2. The average Bonchev–Trinajstić information content (AvgIpc) is 3.81. The first-order chi connectivity index (χ1) is 23.4. The number of epoxide rings is 1. The van der Waals surface area contributed by atoms with E-state index in [9.17, 15) is 19.2 Å². The molecular formula is C38H56N4O7. The maximum absolute atomic E-state index is 14.4. The van der Waals surface area contributed by atoms with Gasteiger partial charge in [0.25, 0.3) is 0 Å². The number of Topliss-reactive ketones (excluding diaryl/α,β-unsaturated/α-hetero) is 1. The van der Waals surface area contributed by atoms with Crippen LogP contribution in [0.15, 0.2) is 24.3 Å².